The lowest BCUT2D eigenvalue weighted by Gasteiger charge is -2.10. The molecule has 0 bridgehead atoms. The van der Waals surface area contributed by atoms with Crippen molar-refractivity contribution in [3.8, 4) is 0 Å². The van der Waals surface area contributed by atoms with Crippen molar-refractivity contribution in [3.63, 3.8) is 0 Å². The standard InChI is InChI=1S/C15H21NOS/c1-11(2)15(17)16-12-7-9-14(10-8-12)18-13-5-3-4-6-13/h7-11,13H,3-6H2,1-2H3,(H,16,17). The van der Waals surface area contributed by atoms with Gasteiger partial charge in [-0.05, 0) is 37.1 Å². The van der Waals surface area contributed by atoms with E-state index in [1.165, 1.54) is 30.6 Å². The van der Waals surface area contributed by atoms with Crippen LogP contribution >= 0.6 is 11.8 Å². The van der Waals surface area contributed by atoms with E-state index in [0.29, 0.717) is 0 Å². The lowest BCUT2D eigenvalue weighted by molar-refractivity contribution is -0.118. The fourth-order valence-electron chi connectivity index (χ4n) is 2.10. The van der Waals surface area contributed by atoms with Gasteiger partial charge in [-0.1, -0.05) is 26.7 Å². The molecule has 1 amide bonds. The maximum absolute atomic E-state index is 11.6. The Morgan fingerprint density at radius 3 is 2.39 bits per heavy atom. The van der Waals surface area contributed by atoms with Crippen molar-refractivity contribution in [2.45, 2.75) is 49.7 Å². The van der Waals surface area contributed by atoms with Gasteiger partial charge in [0, 0.05) is 21.8 Å². The zero-order chi connectivity index (χ0) is 13.0. The number of rotatable bonds is 4. The quantitative estimate of drug-likeness (QED) is 0.876. The molecule has 0 aliphatic heterocycles. The van der Waals surface area contributed by atoms with Gasteiger partial charge in [-0.2, -0.15) is 0 Å². The summed E-state index contributed by atoms with van der Waals surface area (Å²) in [6, 6.07) is 8.22. The first kappa shape index (κ1) is 13.5. The van der Waals surface area contributed by atoms with Crippen LogP contribution in [0.25, 0.3) is 0 Å². The second-order valence-electron chi connectivity index (χ2n) is 5.19. The van der Waals surface area contributed by atoms with E-state index in [-0.39, 0.29) is 11.8 Å². The minimum Gasteiger partial charge on any atom is -0.326 e. The van der Waals surface area contributed by atoms with Gasteiger partial charge >= 0.3 is 0 Å². The summed E-state index contributed by atoms with van der Waals surface area (Å²) in [6.07, 6.45) is 5.44. The van der Waals surface area contributed by atoms with Crippen LogP contribution in [0.3, 0.4) is 0 Å². The lowest BCUT2D eigenvalue weighted by Crippen LogP contribution is -2.17. The number of nitrogens with one attached hydrogen (secondary N) is 1. The molecule has 0 saturated heterocycles. The van der Waals surface area contributed by atoms with Crippen molar-refractivity contribution in [2.24, 2.45) is 5.92 Å². The molecule has 0 aromatic heterocycles. The van der Waals surface area contributed by atoms with Gasteiger partial charge in [0.05, 0.1) is 0 Å². The van der Waals surface area contributed by atoms with E-state index >= 15 is 0 Å². The lowest BCUT2D eigenvalue weighted by atomic mass is 10.2. The molecule has 0 radical (unpaired) electrons. The molecule has 98 valence electrons. The number of hydrogen-bond donors (Lipinski definition) is 1. The fraction of sp³-hybridized carbons (Fsp3) is 0.533. The Labute approximate surface area is 114 Å². The molecule has 1 aromatic carbocycles. The minimum atomic E-state index is 0.0255. The maximum atomic E-state index is 11.6. The number of carbonyl (C=O) groups excluding carboxylic acids is 1. The number of carbonyl (C=O) groups is 1. The van der Waals surface area contributed by atoms with Crippen molar-refractivity contribution < 1.29 is 4.79 Å². The van der Waals surface area contributed by atoms with Crippen molar-refractivity contribution in [2.75, 3.05) is 5.32 Å². The summed E-state index contributed by atoms with van der Waals surface area (Å²) in [5, 5.41) is 3.71. The largest absolute Gasteiger partial charge is 0.326 e. The van der Waals surface area contributed by atoms with Crippen LogP contribution < -0.4 is 5.32 Å². The number of anilines is 1. The van der Waals surface area contributed by atoms with Crippen molar-refractivity contribution in [1.29, 1.82) is 0 Å². The molecule has 2 rings (SSSR count). The van der Waals surface area contributed by atoms with E-state index in [9.17, 15) is 4.79 Å². The molecule has 18 heavy (non-hydrogen) atoms. The Hall–Kier alpha value is -0.960. The van der Waals surface area contributed by atoms with E-state index in [0.717, 1.165) is 10.9 Å². The molecule has 1 aliphatic rings. The molecule has 1 saturated carbocycles. The van der Waals surface area contributed by atoms with Gasteiger partial charge in [-0.15, -0.1) is 11.8 Å². The molecule has 0 heterocycles. The van der Waals surface area contributed by atoms with Gasteiger partial charge in [0.15, 0.2) is 0 Å². The SMILES string of the molecule is CC(C)C(=O)Nc1ccc(SC2CCCC2)cc1. The van der Waals surface area contributed by atoms with Crippen LogP contribution in [0.2, 0.25) is 0 Å². The summed E-state index contributed by atoms with van der Waals surface area (Å²) in [4.78, 5) is 12.9. The summed E-state index contributed by atoms with van der Waals surface area (Å²) in [5.74, 6) is 0.101. The monoisotopic (exact) mass is 263 g/mol. The molecule has 0 spiro atoms. The van der Waals surface area contributed by atoms with E-state index in [2.05, 4.69) is 17.4 Å². The van der Waals surface area contributed by atoms with Crippen LogP contribution in [0, 0.1) is 5.92 Å². The molecule has 2 nitrogen and oxygen atoms in total. The fourth-order valence-corrected chi connectivity index (χ4v) is 3.35. The van der Waals surface area contributed by atoms with Gasteiger partial charge in [-0.25, -0.2) is 0 Å². The summed E-state index contributed by atoms with van der Waals surface area (Å²) in [5.41, 5.74) is 0.893. The second-order valence-corrected chi connectivity index (χ2v) is 6.57. The first-order valence-electron chi connectivity index (χ1n) is 6.73. The summed E-state index contributed by atoms with van der Waals surface area (Å²) in [6.45, 7) is 3.80. The van der Waals surface area contributed by atoms with Gasteiger partial charge < -0.3 is 5.32 Å². The number of benzene rings is 1. The van der Waals surface area contributed by atoms with E-state index < -0.39 is 0 Å². The second kappa shape index (κ2) is 6.28. The van der Waals surface area contributed by atoms with Crippen LogP contribution in [-0.2, 0) is 4.79 Å². The molecule has 1 aliphatic carbocycles. The van der Waals surface area contributed by atoms with E-state index in [1.807, 2.05) is 37.7 Å². The maximum Gasteiger partial charge on any atom is 0.226 e. The minimum absolute atomic E-state index is 0.0255. The van der Waals surface area contributed by atoms with Gasteiger partial charge in [0.25, 0.3) is 0 Å². The first-order valence-corrected chi connectivity index (χ1v) is 7.60. The number of hydrogen-bond acceptors (Lipinski definition) is 2. The first-order chi connectivity index (χ1) is 8.65. The molecular weight excluding hydrogens is 242 g/mol. The third-order valence-electron chi connectivity index (χ3n) is 3.25. The zero-order valence-electron chi connectivity index (χ0n) is 11.1. The Balaban J connectivity index is 1.90. The average Bonchev–Trinajstić information content (AvgIpc) is 2.84. The number of amides is 1. The van der Waals surface area contributed by atoms with Gasteiger partial charge in [0.2, 0.25) is 5.91 Å². The summed E-state index contributed by atoms with van der Waals surface area (Å²) < 4.78 is 0. The van der Waals surface area contributed by atoms with Crippen molar-refractivity contribution in [3.05, 3.63) is 24.3 Å². The predicted molar refractivity (Wildman–Crippen MR) is 78.0 cm³/mol. The number of thioether (sulfide) groups is 1. The Bertz CT molecular complexity index is 393. The molecule has 1 fully saturated rings. The third-order valence-corrected chi connectivity index (χ3v) is 4.60. The van der Waals surface area contributed by atoms with Crippen molar-refractivity contribution in [1.82, 2.24) is 0 Å². The third kappa shape index (κ3) is 3.77. The molecule has 3 heteroatoms. The topological polar surface area (TPSA) is 29.1 Å². The Kier molecular flexibility index (Phi) is 4.70. The zero-order valence-corrected chi connectivity index (χ0v) is 11.9. The van der Waals surface area contributed by atoms with E-state index in [4.69, 9.17) is 0 Å². The highest BCUT2D eigenvalue weighted by Gasteiger charge is 2.16. The van der Waals surface area contributed by atoms with Crippen molar-refractivity contribution >= 4 is 23.4 Å². The summed E-state index contributed by atoms with van der Waals surface area (Å²) >= 11 is 1.97. The van der Waals surface area contributed by atoms with E-state index in [1.54, 1.807) is 0 Å². The molecule has 1 N–H and O–H groups in total. The molecular formula is C15H21NOS. The smallest absolute Gasteiger partial charge is 0.226 e. The highest BCUT2D eigenvalue weighted by Crippen LogP contribution is 2.34. The average molecular weight is 263 g/mol. The predicted octanol–water partition coefficient (Wildman–Crippen LogP) is 4.32. The van der Waals surface area contributed by atoms with Crippen LogP contribution in [0.4, 0.5) is 5.69 Å². The Morgan fingerprint density at radius 2 is 1.83 bits per heavy atom. The van der Waals surface area contributed by atoms with Crippen LogP contribution in [0.5, 0.6) is 0 Å². The summed E-state index contributed by atoms with van der Waals surface area (Å²) in [7, 11) is 0. The molecule has 0 unspecified atom stereocenters. The van der Waals surface area contributed by atoms with Crippen LogP contribution in [-0.4, -0.2) is 11.2 Å². The normalized spacial score (nSPS) is 16.2. The van der Waals surface area contributed by atoms with Gasteiger partial charge in [0.1, 0.15) is 0 Å². The van der Waals surface area contributed by atoms with Crippen LogP contribution in [0.15, 0.2) is 29.2 Å². The highest BCUT2D eigenvalue weighted by molar-refractivity contribution is 8.00. The molecule has 0 atom stereocenters. The Morgan fingerprint density at radius 1 is 1.22 bits per heavy atom. The van der Waals surface area contributed by atoms with Crippen LogP contribution in [0.1, 0.15) is 39.5 Å². The van der Waals surface area contributed by atoms with Gasteiger partial charge in [-0.3, -0.25) is 4.79 Å². The molecule has 1 aromatic rings. The highest BCUT2D eigenvalue weighted by atomic mass is 32.2.